The largest absolute Gasteiger partial charge is 0.497 e. The van der Waals surface area contributed by atoms with Crippen LogP contribution in [-0.2, 0) is 19.6 Å². The van der Waals surface area contributed by atoms with E-state index >= 15 is 0 Å². The number of rotatable bonds is 7. The fourth-order valence-electron chi connectivity index (χ4n) is 2.89. The number of nitrogens with zero attached hydrogens (tertiary/aromatic N) is 1. The van der Waals surface area contributed by atoms with Gasteiger partial charge in [0, 0.05) is 19.2 Å². The number of amides is 1. The Balaban J connectivity index is 1.64. The molecule has 8 nitrogen and oxygen atoms in total. The van der Waals surface area contributed by atoms with Gasteiger partial charge in [-0.2, -0.15) is 0 Å². The first kappa shape index (κ1) is 20.9. The smallest absolute Gasteiger partial charge is 0.263 e. The molecule has 0 radical (unpaired) electrons. The first-order chi connectivity index (χ1) is 13.9. The van der Waals surface area contributed by atoms with Crippen molar-refractivity contribution >= 4 is 21.6 Å². The Kier molecular flexibility index (Phi) is 6.60. The number of methoxy groups -OCH3 is 1. The van der Waals surface area contributed by atoms with Crippen molar-refractivity contribution in [3.63, 3.8) is 0 Å². The summed E-state index contributed by atoms with van der Waals surface area (Å²) < 4.78 is 43.7. The molecule has 0 bridgehead atoms. The molecule has 29 heavy (non-hydrogen) atoms. The number of carbonyl (C=O) groups is 1. The van der Waals surface area contributed by atoms with Crippen LogP contribution in [0.3, 0.4) is 0 Å². The topological polar surface area (TPSA) is 94.2 Å². The second-order valence-corrected chi connectivity index (χ2v) is 8.19. The molecule has 1 fully saturated rings. The minimum atomic E-state index is -3.77. The Morgan fingerprint density at radius 1 is 1.10 bits per heavy atom. The van der Waals surface area contributed by atoms with Crippen molar-refractivity contribution < 1.29 is 27.4 Å². The van der Waals surface area contributed by atoms with Crippen LogP contribution in [0.5, 0.6) is 11.5 Å². The normalized spacial score (nSPS) is 15.4. The summed E-state index contributed by atoms with van der Waals surface area (Å²) in [4.78, 5) is 14.2. The molecule has 2 aromatic rings. The lowest BCUT2D eigenvalue weighted by atomic mass is 10.3. The number of ether oxygens (including phenoxy) is 3. The van der Waals surface area contributed by atoms with Crippen LogP contribution >= 0.6 is 0 Å². The summed E-state index contributed by atoms with van der Waals surface area (Å²) in [5, 5.41) is 0. The highest BCUT2D eigenvalue weighted by Crippen LogP contribution is 2.22. The summed E-state index contributed by atoms with van der Waals surface area (Å²) in [5.41, 5.74) is 0.398. The maximum Gasteiger partial charge on any atom is 0.263 e. The van der Waals surface area contributed by atoms with Gasteiger partial charge < -0.3 is 19.1 Å². The zero-order valence-corrected chi connectivity index (χ0v) is 17.1. The maximum atomic E-state index is 12.6. The third-order valence-electron chi connectivity index (χ3n) is 4.44. The first-order valence-electron chi connectivity index (χ1n) is 9.19. The summed E-state index contributed by atoms with van der Waals surface area (Å²) in [6.07, 6.45) is -0.675. The van der Waals surface area contributed by atoms with E-state index in [9.17, 15) is 13.2 Å². The van der Waals surface area contributed by atoms with Crippen molar-refractivity contribution in [1.82, 2.24) is 4.90 Å². The maximum absolute atomic E-state index is 12.6. The molecule has 1 aliphatic heterocycles. The molecule has 3 rings (SSSR count). The molecule has 1 atom stereocenters. The Morgan fingerprint density at radius 3 is 2.45 bits per heavy atom. The van der Waals surface area contributed by atoms with E-state index in [1.807, 2.05) is 0 Å². The molecule has 1 saturated heterocycles. The lowest BCUT2D eigenvalue weighted by Crippen LogP contribution is -2.46. The SMILES string of the molecule is COc1cccc(NS(=O)(=O)c2ccc(O[C@H](C)C(=O)N3CCOCC3)cc2)c1. The lowest BCUT2D eigenvalue weighted by Gasteiger charge is -2.29. The summed E-state index contributed by atoms with van der Waals surface area (Å²) in [6, 6.07) is 12.6. The van der Waals surface area contributed by atoms with E-state index < -0.39 is 16.1 Å². The van der Waals surface area contributed by atoms with Crippen molar-refractivity contribution in [2.75, 3.05) is 38.1 Å². The van der Waals surface area contributed by atoms with Crippen LogP contribution in [0.1, 0.15) is 6.92 Å². The lowest BCUT2D eigenvalue weighted by molar-refractivity contribution is -0.142. The van der Waals surface area contributed by atoms with Gasteiger partial charge in [-0.05, 0) is 43.3 Å². The number of benzene rings is 2. The predicted molar refractivity (Wildman–Crippen MR) is 108 cm³/mol. The van der Waals surface area contributed by atoms with Gasteiger partial charge in [-0.3, -0.25) is 9.52 Å². The Morgan fingerprint density at radius 2 is 1.79 bits per heavy atom. The third kappa shape index (κ3) is 5.39. The van der Waals surface area contributed by atoms with Gasteiger partial charge in [0.15, 0.2) is 6.10 Å². The minimum Gasteiger partial charge on any atom is -0.497 e. The van der Waals surface area contributed by atoms with Gasteiger partial charge in [0.25, 0.3) is 15.9 Å². The van der Waals surface area contributed by atoms with Crippen LogP contribution in [0.15, 0.2) is 53.4 Å². The van der Waals surface area contributed by atoms with Crippen molar-refractivity contribution in [3.8, 4) is 11.5 Å². The first-order valence-corrected chi connectivity index (χ1v) is 10.7. The molecule has 156 valence electrons. The molecule has 0 aromatic heterocycles. The Hall–Kier alpha value is -2.78. The van der Waals surface area contributed by atoms with Crippen molar-refractivity contribution in [2.24, 2.45) is 0 Å². The van der Waals surface area contributed by atoms with E-state index in [1.165, 1.54) is 31.4 Å². The summed E-state index contributed by atoms with van der Waals surface area (Å²) >= 11 is 0. The second-order valence-electron chi connectivity index (χ2n) is 6.51. The highest BCUT2D eigenvalue weighted by molar-refractivity contribution is 7.92. The van der Waals surface area contributed by atoms with Crippen LogP contribution in [0.2, 0.25) is 0 Å². The molecule has 1 amide bonds. The molecular weight excluding hydrogens is 396 g/mol. The van der Waals surface area contributed by atoms with Crippen LogP contribution in [0.4, 0.5) is 5.69 Å². The summed E-state index contributed by atoms with van der Waals surface area (Å²) in [6.45, 7) is 3.79. The number of sulfonamides is 1. The van der Waals surface area contributed by atoms with Gasteiger partial charge >= 0.3 is 0 Å². The number of hydrogen-bond acceptors (Lipinski definition) is 6. The van der Waals surface area contributed by atoms with Crippen LogP contribution < -0.4 is 14.2 Å². The zero-order valence-electron chi connectivity index (χ0n) is 16.3. The Labute approximate surface area is 170 Å². The van der Waals surface area contributed by atoms with Gasteiger partial charge in [-0.25, -0.2) is 8.42 Å². The van der Waals surface area contributed by atoms with E-state index in [4.69, 9.17) is 14.2 Å². The number of nitrogens with one attached hydrogen (secondary N) is 1. The highest BCUT2D eigenvalue weighted by atomic mass is 32.2. The molecule has 0 unspecified atom stereocenters. The van der Waals surface area contributed by atoms with Gasteiger partial charge in [0.05, 0.1) is 30.9 Å². The van der Waals surface area contributed by atoms with Gasteiger partial charge in [-0.15, -0.1) is 0 Å². The number of anilines is 1. The van der Waals surface area contributed by atoms with Crippen LogP contribution in [0.25, 0.3) is 0 Å². The van der Waals surface area contributed by atoms with Crippen molar-refractivity contribution in [3.05, 3.63) is 48.5 Å². The predicted octanol–water partition coefficient (Wildman–Crippen LogP) is 2.12. The Bertz CT molecular complexity index is 940. The number of hydrogen-bond donors (Lipinski definition) is 1. The fraction of sp³-hybridized carbons (Fsp3) is 0.350. The van der Waals surface area contributed by atoms with Gasteiger partial charge in [-0.1, -0.05) is 6.07 Å². The van der Waals surface area contributed by atoms with Crippen LogP contribution in [0, 0.1) is 0 Å². The molecule has 0 spiro atoms. The monoisotopic (exact) mass is 420 g/mol. The molecule has 1 heterocycles. The fourth-order valence-corrected chi connectivity index (χ4v) is 3.94. The molecule has 2 aromatic carbocycles. The highest BCUT2D eigenvalue weighted by Gasteiger charge is 2.24. The average molecular weight is 420 g/mol. The van der Waals surface area contributed by atoms with E-state index in [1.54, 1.807) is 36.1 Å². The van der Waals surface area contributed by atoms with E-state index in [0.29, 0.717) is 43.5 Å². The molecule has 1 N–H and O–H groups in total. The van der Waals surface area contributed by atoms with Gasteiger partial charge in [0.1, 0.15) is 11.5 Å². The van der Waals surface area contributed by atoms with Crippen molar-refractivity contribution in [2.45, 2.75) is 17.9 Å². The zero-order chi connectivity index (χ0) is 20.9. The molecule has 0 saturated carbocycles. The van der Waals surface area contributed by atoms with Crippen LogP contribution in [-0.4, -0.2) is 58.7 Å². The summed E-state index contributed by atoms with van der Waals surface area (Å²) in [7, 11) is -2.26. The molecule has 9 heteroatoms. The minimum absolute atomic E-state index is 0.0832. The van der Waals surface area contributed by atoms with E-state index in [2.05, 4.69) is 4.72 Å². The standard InChI is InChI=1S/C20H24N2O6S/c1-15(20(23)22-10-12-27-13-11-22)28-17-6-8-19(9-7-17)29(24,25)21-16-4-3-5-18(14-16)26-2/h3-9,14-15,21H,10-13H2,1-2H3/t15-/m1/s1. The second kappa shape index (κ2) is 9.15. The third-order valence-corrected chi connectivity index (χ3v) is 5.84. The van der Waals surface area contributed by atoms with Crippen molar-refractivity contribution in [1.29, 1.82) is 0 Å². The quantitative estimate of drug-likeness (QED) is 0.737. The molecule has 0 aliphatic carbocycles. The number of carbonyl (C=O) groups excluding carboxylic acids is 1. The van der Waals surface area contributed by atoms with E-state index in [0.717, 1.165) is 0 Å². The van der Waals surface area contributed by atoms with E-state index in [-0.39, 0.29) is 10.8 Å². The average Bonchev–Trinajstić information content (AvgIpc) is 2.74. The van der Waals surface area contributed by atoms with Gasteiger partial charge in [0.2, 0.25) is 0 Å². The summed E-state index contributed by atoms with van der Waals surface area (Å²) in [5.74, 6) is 0.844. The molecular formula is C20H24N2O6S. The molecule has 1 aliphatic rings. The number of morpholine rings is 1.